The van der Waals surface area contributed by atoms with Crippen LogP contribution in [0.1, 0.15) is 40.0 Å². The fourth-order valence-corrected chi connectivity index (χ4v) is 5.15. The monoisotopic (exact) mass is 455 g/mol. The van der Waals surface area contributed by atoms with E-state index in [-0.39, 0.29) is 15.5 Å². The van der Waals surface area contributed by atoms with Crippen LogP contribution in [0.4, 0.5) is 0 Å². The fraction of sp³-hybridized carbons (Fsp3) is 0.300. The second kappa shape index (κ2) is 9.26. The van der Waals surface area contributed by atoms with Gasteiger partial charge in [-0.15, -0.1) is 0 Å². The molecule has 1 saturated heterocycles. The third-order valence-electron chi connectivity index (χ3n) is 4.60. The lowest BCUT2D eigenvalue weighted by molar-refractivity contribution is 0.0474. The highest BCUT2D eigenvalue weighted by Crippen LogP contribution is 2.28. The Labute approximate surface area is 179 Å². The average Bonchev–Trinajstić information content (AvgIpc) is 2.73. The first-order valence-corrected chi connectivity index (χ1v) is 11.2. The molecule has 1 aliphatic heterocycles. The number of sulfonamides is 1. The molecule has 1 aliphatic rings. The SMILES string of the molecule is O=C(COC(=O)c1ccc(Cl)c(S(=O)(=O)N2CCCCC2)c1)c1ccc(Cl)cc1. The summed E-state index contributed by atoms with van der Waals surface area (Å²) in [4.78, 5) is 24.3. The van der Waals surface area contributed by atoms with E-state index >= 15 is 0 Å². The van der Waals surface area contributed by atoms with E-state index in [1.807, 2.05) is 0 Å². The van der Waals surface area contributed by atoms with Crippen LogP contribution in [0.2, 0.25) is 10.0 Å². The Bertz CT molecular complexity index is 1020. The zero-order valence-corrected chi connectivity index (χ0v) is 17.8. The number of carbonyl (C=O) groups excluding carboxylic acids is 2. The van der Waals surface area contributed by atoms with Crippen LogP contribution >= 0.6 is 23.2 Å². The van der Waals surface area contributed by atoms with Crippen LogP contribution in [0, 0.1) is 0 Å². The maximum atomic E-state index is 12.9. The van der Waals surface area contributed by atoms with Crippen molar-refractivity contribution in [3.63, 3.8) is 0 Å². The predicted molar refractivity (Wildman–Crippen MR) is 110 cm³/mol. The van der Waals surface area contributed by atoms with Crippen LogP contribution in [-0.4, -0.2) is 44.2 Å². The number of ether oxygens (including phenoxy) is 1. The van der Waals surface area contributed by atoms with E-state index in [4.69, 9.17) is 27.9 Å². The second-order valence-corrected chi connectivity index (χ2v) is 9.37. The quantitative estimate of drug-likeness (QED) is 0.481. The number of rotatable bonds is 6. The highest BCUT2D eigenvalue weighted by molar-refractivity contribution is 7.89. The Balaban J connectivity index is 1.73. The molecule has 2 aromatic carbocycles. The summed E-state index contributed by atoms with van der Waals surface area (Å²) in [6, 6.07) is 10.1. The van der Waals surface area contributed by atoms with Crippen LogP contribution in [0.3, 0.4) is 0 Å². The maximum Gasteiger partial charge on any atom is 0.338 e. The minimum absolute atomic E-state index is 0.00823. The first kappa shape index (κ1) is 21.8. The Kier molecular flexibility index (Phi) is 6.95. The van der Waals surface area contributed by atoms with Crippen LogP contribution in [0.25, 0.3) is 0 Å². The van der Waals surface area contributed by atoms with E-state index in [1.54, 1.807) is 12.1 Å². The van der Waals surface area contributed by atoms with Crippen molar-refractivity contribution in [3.05, 3.63) is 63.6 Å². The Morgan fingerprint density at radius 3 is 2.21 bits per heavy atom. The van der Waals surface area contributed by atoms with E-state index in [0.29, 0.717) is 23.7 Å². The molecule has 3 rings (SSSR count). The number of halogens is 2. The maximum absolute atomic E-state index is 12.9. The molecule has 0 unspecified atom stereocenters. The van der Waals surface area contributed by atoms with Crippen molar-refractivity contribution in [1.82, 2.24) is 4.31 Å². The molecule has 2 aromatic rings. The molecular formula is C20H19Cl2NO5S. The highest BCUT2D eigenvalue weighted by atomic mass is 35.5. The van der Waals surface area contributed by atoms with Crippen molar-refractivity contribution in [1.29, 1.82) is 0 Å². The van der Waals surface area contributed by atoms with Gasteiger partial charge in [-0.25, -0.2) is 13.2 Å². The zero-order valence-electron chi connectivity index (χ0n) is 15.4. The molecule has 0 atom stereocenters. The molecule has 1 fully saturated rings. The number of carbonyl (C=O) groups is 2. The molecule has 0 aromatic heterocycles. The zero-order chi connectivity index (χ0) is 21.0. The topological polar surface area (TPSA) is 80.8 Å². The van der Waals surface area contributed by atoms with E-state index < -0.39 is 28.4 Å². The molecule has 6 nitrogen and oxygen atoms in total. The summed E-state index contributed by atoms with van der Waals surface area (Å²) >= 11 is 11.9. The van der Waals surface area contributed by atoms with E-state index in [1.165, 1.54) is 34.6 Å². The van der Waals surface area contributed by atoms with Gasteiger partial charge >= 0.3 is 5.97 Å². The van der Waals surface area contributed by atoms with Crippen LogP contribution < -0.4 is 0 Å². The van der Waals surface area contributed by atoms with Crippen molar-refractivity contribution in [3.8, 4) is 0 Å². The van der Waals surface area contributed by atoms with Gasteiger partial charge in [-0.3, -0.25) is 4.79 Å². The number of hydrogen-bond acceptors (Lipinski definition) is 5. The summed E-state index contributed by atoms with van der Waals surface area (Å²) in [7, 11) is -3.81. The molecule has 0 N–H and O–H groups in total. The highest BCUT2D eigenvalue weighted by Gasteiger charge is 2.29. The molecule has 0 saturated carbocycles. The van der Waals surface area contributed by atoms with Gasteiger partial charge < -0.3 is 4.74 Å². The molecular weight excluding hydrogens is 437 g/mol. The summed E-state index contributed by atoms with van der Waals surface area (Å²) in [5, 5.41) is 0.520. The Hall–Kier alpha value is -1.93. The van der Waals surface area contributed by atoms with Crippen molar-refractivity contribution in [2.24, 2.45) is 0 Å². The number of esters is 1. The molecule has 1 heterocycles. The van der Waals surface area contributed by atoms with Gasteiger partial charge in [0.15, 0.2) is 12.4 Å². The van der Waals surface area contributed by atoms with Gasteiger partial charge in [0, 0.05) is 23.7 Å². The first-order chi connectivity index (χ1) is 13.8. The van der Waals surface area contributed by atoms with Gasteiger partial charge in [-0.05, 0) is 55.3 Å². The Morgan fingerprint density at radius 2 is 1.55 bits per heavy atom. The summed E-state index contributed by atoms with van der Waals surface area (Å²) < 4.78 is 32.2. The largest absolute Gasteiger partial charge is 0.454 e. The van der Waals surface area contributed by atoms with Gasteiger partial charge in [-0.2, -0.15) is 4.31 Å². The minimum Gasteiger partial charge on any atom is -0.454 e. The van der Waals surface area contributed by atoms with Crippen molar-refractivity contribution >= 4 is 45.0 Å². The minimum atomic E-state index is -3.81. The van der Waals surface area contributed by atoms with Crippen molar-refractivity contribution in [2.45, 2.75) is 24.2 Å². The number of benzene rings is 2. The van der Waals surface area contributed by atoms with Crippen molar-refractivity contribution < 1.29 is 22.7 Å². The molecule has 0 bridgehead atoms. The van der Waals surface area contributed by atoms with Gasteiger partial charge in [0.05, 0.1) is 10.6 Å². The molecule has 154 valence electrons. The average molecular weight is 456 g/mol. The van der Waals surface area contributed by atoms with Gasteiger partial charge in [-0.1, -0.05) is 29.6 Å². The van der Waals surface area contributed by atoms with Gasteiger partial charge in [0.25, 0.3) is 0 Å². The smallest absolute Gasteiger partial charge is 0.338 e. The molecule has 29 heavy (non-hydrogen) atoms. The summed E-state index contributed by atoms with van der Waals surface area (Å²) in [5.74, 6) is -1.20. The van der Waals surface area contributed by atoms with E-state index in [2.05, 4.69) is 0 Å². The summed E-state index contributed by atoms with van der Waals surface area (Å²) in [5.41, 5.74) is 0.362. The fourth-order valence-electron chi connectivity index (χ4n) is 3.01. The standard InChI is InChI=1S/C20H19Cl2NO5S/c21-16-7-4-14(5-8-16)18(24)13-28-20(25)15-6-9-17(22)19(12-15)29(26,27)23-10-2-1-3-11-23/h4-9,12H,1-3,10-11,13H2. The third-order valence-corrected chi connectivity index (χ3v) is 7.23. The normalized spacial score (nSPS) is 15.1. The molecule has 0 spiro atoms. The molecule has 0 radical (unpaired) electrons. The van der Waals surface area contributed by atoms with Crippen LogP contribution in [0.15, 0.2) is 47.4 Å². The van der Waals surface area contributed by atoms with Gasteiger partial charge in [0.2, 0.25) is 10.0 Å². The lowest BCUT2D eigenvalue weighted by atomic mass is 10.1. The van der Waals surface area contributed by atoms with Crippen LogP contribution in [0.5, 0.6) is 0 Å². The van der Waals surface area contributed by atoms with E-state index in [0.717, 1.165) is 19.3 Å². The first-order valence-electron chi connectivity index (χ1n) is 9.04. The third kappa shape index (κ3) is 5.17. The summed E-state index contributed by atoms with van der Waals surface area (Å²) in [6.45, 7) is 0.364. The number of nitrogens with zero attached hydrogens (tertiary/aromatic N) is 1. The lowest BCUT2D eigenvalue weighted by Gasteiger charge is -2.26. The second-order valence-electron chi connectivity index (χ2n) is 6.62. The van der Waals surface area contributed by atoms with Gasteiger partial charge in [0.1, 0.15) is 4.90 Å². The number of hydrogen-bond donors (Lipinski definition) is 0. The lowest BCUT2D eigenvalue weighted by Crippen LogP contribution is -2.35. The number of piperidine rings is 1. The predicted octanol–water partition coefficient (Wildman–Crippen LogP) is 4.21. The number of ketones is 1. The van der Waals surface area contributed by atoms with E-state index in [9.17, 15) is 18.0 Å². The Morgan fingerprint density at radius 1 is 0.931 bits per heavy atom. The molecule has 0 aliphatic carbocycles. The number of Topliss-reactive ketones (excluding diaryl/α,β-unsaturated/α-hetero) is 1. The van der Waals surface area contributed by atoms with Crippen molar-refractivity contribution in [2.75, 3.05) is 19.7 Å². The molecule has 9 heteroatoms. The van der Waals surface area contributed by atoms with Crippen LogP contribution in [-0.2, 0) is 14.8 Å². The summed E-state index contributed by atoms with van der Waals surface area (Å²) in [6.07, 6.45) is 2.55. The molecule has 0 amide bonds.